The van der Waals surface area contributed by atoms with Gasteiger partial charge in [0.05, 0.1) is 19.6 Å². The van der Waals surface area contributed by atoms with E-state index in [0.29, 0.717) is 40.1 Å². The van der Waals surface area contributed by atoms with E-state index >= 15 is 0 Å². The van der Waals surface area contributed by atoms with Gasteiger partial charge < -0.3 is 15.2 Å². The van der Waals surface area contributed by atoms with Crippen LogP contribution in [0.3, 0.4) is 0 Å². The van der Waals surface area contributed by atoms with E-state index in [1.807, 2.05) is 0 Å². The van der Waals surface area contributed by atoms with Gasteiger partial charge in [-0.2, -0.15) is 5.10 Å². The van der Waals surface area contributed by atoms with Crippen molar-refractivity contribution in [2.75, 3.05) is 20.0 Å². The number of nitrogen functional groups attached to an aromatic ring is 1. The Labute approximate surface area is 149 Å². The first-order chi connectivity index (χ1) is 12.7. The van der Waals surface area contributed by atoms with Crippen LogP contribution in [-0.2, 0) is 4.79 Å². The first-order valence-corrected chi connectivity index (χ1v) is 7.52. The van der Waals surface area contributed by atoms with Gasteiger partial charge in [0.2, 0.25) is 0 Å². The highest BCUT2D eigenvalue weighted by molar-refractivity contribution is 5.91. The van der Waals surface area contributed by atoms with E-state index < -0.39 is 0 Å². The molecule has 8 heteroatoms. The summed E-state index contributed by atoms with van der Waals surface area (Å²) in [6, 6.07) is 5.31. The van der Waals surface area contributed by atoms with Crippen LogP contribution in [0.5, 0.6) is 11.5 Å². The topological polar surface area (TPSA) is 105 Å². The van der Waals surface area contributed by atoms with E-state index in [2.05, 4.69) is 26.9 Å². The summed E-state index contributed by atoms with van der Waals surface area (Å²) in [6.45, 7) is 0. The lowest BCUT2D eigenvalue weighted by molar-refractivity contribution is -0.104. The molecule has 8 nitrogen and oxygen atoms in total. The van der Waals surface area contributed by atoms with Crippen molar-refractivity contribution in [1.82, 2.24) is 19.7 Å². The van der Waals surface area contributed by atoms with Crippen LogP contribution in [0.2, 0.25) is 0 Å². The number of ether oxygens (including phenoxy) is 2. The van der Waals surface area contributed by atoms with Crippen LogP contribution in [0, 0.1) is 11.8 Å². The molecule has 3 rings (SSSR count). The second-order valence-electron chi connectivity index (χ2n) is 5.08. The first kappa shape index (κ1) is 17.0. The lowest BCUT2D eigenvalue weighted by atomic mass is 10.2. The quantitative estimate of drug-likeness (QED) is 0.432. The summed E-state index contributed by atoms with van der Waals surface area (Å²) >= 11 is 0. The van der Waals surface area contributed by atoms with Crippen LogP contribution in [0.25, 0.3) is 17.2 Å². The maximum absolute atomic E-state index is 10.6. The van der Waals surface area contributed by atoms with Crippen LogP contribution >= 0.6 is 0 Å². The van der Waals surface area contributed by atoms with Crippen LogP contribution in [0.15, 0.2) is 30.6 Å². The third kappa shape index (κ3) is 3.32. The van der Waals surface area contributed by atoms with Crippen molar-refractivity contribution < 1.29 is 14.3 Å². The average molecular weight is 349 g/mol. The number of carbonyl (C=O) groups excluding carboxylic acids is 1. The zero-order valence-electron chi connectivity index (χ0n) is 14.1. The molecule has 0 spiro atoms. The molecule has 1 aromatic carbocycles. The number of rotatable bonds is 4. The van der Waals surface area contributed by atoms with Gasteiger partial charge in [0.15, 0.2) is 5.65 Å². The van der Waals surface area contributed by atoms with Gasteiger partial charge in [-0.05, 0) is 24.1 Å². The fourth-order valence-electron chi connectivity index (χ4n) is 2.31. The predicted octanol–water partition coefficient (Wildman–Crippen LogP) is 1.50. The third-order valence-electron chi connectivity index (χ3n) is 3.50. The minimum atomic E-state index is 0.258. The molecule has 2 heterocycles. The number of nitrogens with zero attached hydrogens (tertiary/aromatic N) is 4. The van der Waals surface area contributed by atoms with Crippen molar-refractivity contribution in [2.24, 2.45) is 0 Å². The zero-order chi connectivity index (χ0) is 18.5. The Morgan fingerprint density at radius 3 is 2.50 bits per heavy atom. The summed E-state index contributed by atoms with van der Waals surface area (Å²) < 4.78 is 11.9. The Hall–Kier alpha value is -3.86. The molecule has 0 saturated heterocycles. The maximum Gasteiger partial charge on any atom is 0.169 e. The van der Waals surface area contributed by atoms with Gasteiger partial charge in [0, 0.05) is 17.8 Å². The van der Waals surface area contributed by atoms with Crippen molar-refractivity contribution in [3.63, 3.8) is 0 Å². The van der Waals surface area contributed by atoms with E-state index in [0.717, 1.165) is 0 Å². The molecule has 0 radical (unpaired) electrons. The Balaban J connectivity index is 2.12. The molecule has 3 aromatic rings. The number of methoxy groups -OCH3 is 2. The fourth-order valence-corrected chi connectivity index (χ4v) is 2.31. The van der Waals surface area contributed by atoms with Gasteiger partial charge in [-0.3, -0.25) is 4.79 Å². The summed E-state index contributed by atoms with van der Waals surface area (Å²) in [7, 11) is 3.14. The van der Waals surface area contributed by atoms with Crippen molar-refractivity contribution in [3.8, 4) is 23.3 Å². The number of hydrogen-bond donors (Lipinski definition) is 1. The number of hydrogen-bond acceptors (Lipinski definition) is 7. The smallest absolute Gasteiger partial charge is 0.169 e. The minimum absolute atomic E-state index is 0.258. The van der Waals surface area contributed by atoms with Gasteiger partial charge in [-0.25, -0.2) is 14.6 Å². The van der Waals surface area contributed by atoms with Gasteiger partial charge >= 0.3 is 0 Å². The molecule has 0 bridgehead atoms. The summed E-state index contributed by atoms with van der Waals surface area (Å²) in [6.07, 6.45) is 4.75. The molecule has 0 aliphatic carbocycles. The molecule has 0 amide bonds. The number of anilines is 1. The molecule has 0 unspecified atom stereocenters. The average Bonchev–Trinajstić information content (AvgIpc) is 3.03. The molecule has 2 aromatic heterocycles. The number of aldehydes is 1. The van der Waals surface area contributed by atoms with Crippen molar-refractivity contribution in [2.45, 2.75) is 0 Å². The molecular weight excluding hydrogens is 334 g/mol. The molecule has 0 atom stereocenters. The lowest BCUT2D eigenvalue weighted by Gasteiger charge is -2.04. The Morgan fingerprint density at radius 2 is 1.85 bits per heavy atom. The van der Waals surface area contributed by atoms with Crippen LogP contribution in [0.4, 0.5) is 5.82 Å². The molecule has 0 aliphatic rings. The van der Waals surface area contributed by atoms with Gasteiger partial charge in [-0.1, -0.05) is 5.92 Å². The summed E-state index contributed by atoms with van der Waals surface area (Å²) in [5.74, 6) is 7.49. The standard InChI is InChI=1S/C18H15N5O3/c1-25-13-8-12(9-14(10-13)26-2)4-5-15-16-17(19)20-11-21-18(16)23(22-15)6-3-7-24/h3,6-11H,1-2H3,(H2,19,20,21). The maximum atomic E-state index is 10.6. The molecule has 0 fully saturated rings. The number of aromatic nitrogens is 4. The highest BCUT2D eigenvalue weighted by Crippen LogP contribution is 2.23. The Bertz CT molecular complexity index is 1040. The molecule has 2 N–H and O–H groups in total. The van der Waals surface area contributed by atoms with Gasteiger partial charge in [-0.15, -0.1) is 0 Å². The molecular formula is C18H15N5O3. The minimum Gasteiger partial charge on any atom is -0.497 e. The first-order valence-electron chi connectivity index (χ1n) is 7.52. The predicted molar refractivity (Wildman–Crippen MR) is 96.7 cm³/mol. The SMILES string of the molecule is COc1cc(C#Cc2nn(C=CC=O)c3ncnc(N)c23)cc(OC)c1. The second-order valence-corrected chi connectivity index (χ2v) is 5.08. The highest BCUT2D eigenvalue weighted by atomic mass is 16.5. The van der Waals surface area contributed by atoms with E-state index in [-0.39, 0.29) is 5.82 Å². The molecule has 0 aliphatic heterocycles. The van der Waals surface area contributed by atoms with E-state index in [9.17, 15) is 4.79 Å². The Morgan fingerprint density at radius 1 is 1.12 bits per heavy atom. The lowest BCUT2D eigenvalue weighted by Crippen LogP contribution is -1.94. The number of benzene rings is 1. The van der Waals surface area contributed by atoms with Crippen LogP contribution in [-0.4, -0.2) is 40.3 Å². The summed E-state index contributed by atoms with van der Waals surface area (Å²) in [4.78, 5) is 18.7. The van der Waals surface area contributed by atoms with Crippen molar-refractivity contribution in [3.05, 3.63) is 41.9 Å². The van der Waals surface area contributed by atoms with Crippen LogP contribution in [0.1, 0.15) is 11.3 Å². The van der Waals surface area contributed by atoms with Crippen molar-refractivity contribution >= 4 is 29.3 Å². The summed E-state index contributed by atoms with van der Waals surface area (Å²) in [5, 5.41) is 4.86. The largest absolute Gasteiger partial charge is 0.497 e. The number of carbonyl (C=O) groups is 1. The Kier molecular flexibility index (Phi) is 4.80. The van der Waals surface area contributed by atoms with E-state index in [4.69, 9.17) is 15.2 Å². The monoisotopic (exact) mass is 349 g/mol. The number of fused-ring (bicyclic) bond motifs is 1. The second kappa shape index (κ2) is 7.36. The van der Waals surface area contributed by atoms with Crippen LogP contribution < -0.4 is 15.2 Å². The van der Waals surface area contributed by atoms with E-state index in [1.54, 1.807) is 32.4 Å². The number of nitrogens with two attached hydrogens (primary N) is 1. The molecule has 130 valence electrons. The van der Waals surface area contributed by atoms with Crippen molar-refractivity contribution in [1.29, 1.82) is 0 Å². The zero-order valence-corrected chi connectivity index (χ0v) is 14.1. The van der Waals surface area contributed by atoms with Gasteiger partial charge in [0.1, 0.15) is 35.6 Å². The van der Waals surface area contributed by atoms with E-state index in [1.165, 1.54) is 23.3 Å². The highest BCUT2D eigenvalue weighted by Gasteiger charge is 2.12. The molecule has 26 heavy (non-hydrogen) atoms. The normalized spacial score (nSPS) is 10.5. The molecule has 0 saturated carbocycles. The van der Waals surface area contributed by atoms with Gasteiger partial charge in [0.25, 0.3) is 0 Å². The number of allylic oxidation sites excluding steroid dienone is 1. The third-order valence-corrected chi connectivity index (χ3v) is 3.50. The summed E-state index contributed by atoms with van der Waals surface area (Å²) in [5.41, 5.74) is 7.50. The fraction of sp³-hybridized carbons (Fsp3) is 0.111.